The first-order valence-corrected chi connectivity index (χ1v) is 11.8. The van der Waals surface area contributed by atoms with Crippen LogP contribution in [-0.4, -0.2) is 47.8 Å². The van der Waals surface area contributed by atoms with Crippen molar-refractivity contribution < 1.29 is 9.59 Å². The summed E-state index contributed by atoms with van der Waals surface area (Å²) in [6.07, 6.45) is 4.88. The van der Waals surface area contributed by atoms with E-state index < -0.39 is 5.41 Å². The Morgan fingerprint density at radius 1 is 1.13 bits per heavy atom. The van der Waals surface area contributed by atoms with Crippen LogP contribution in [0.2, 0.25) is 8.67 Å². The second-order valence-electron chi connectivity index (χ2n) is 8.41. The number of halogens is 2. The van der Waals surface area contributed by atoms with Crippen LogP contribution in [0.5, 0.6) is 0 Å². The highest BCUT2D eigenvalue weighted by Gasteiger charge is 2.59. The molecule has 0 radical (unpaired) electrons. The molecule has 5 rings (SSSR count). The number of carbonyl (C=O) groups is 2. The summed E-state index contributed by atoms with van der Waals surface area (Å²) in [5.41, 5.74) is 2.55. The molecule has 2 fully saturated rings. The average molecular weight is 461 g/mol. The molecule has 3 aliphatic rings. The monoisotopic (exact) mass is 460 g/mol. The van der Waals surface area contributed by atoms with E-state index in [9.17, 15) is 9.59 Å². The fourth-order valence-corrected chi connectivity index (χ4v) is 6.53. The molecule has 1 saturated carbocycles. The number of carbonyl (C=O) groups excluding carboxylic acids is 2. The van der Waals surface area contributed by atoms with E-state index in [0.29, 0.717) is 33.9 Å². The van der Waals surface area contributed by atoms with Gasteiger partial charge in [-0.05, 0) is 42.4 Å². The third-order valence-corrected chi connectivity index (χ3v) is 8.36. The second kappa shape index (κ2) is 7.70. The van der Waals surface area contributed by atoms with Crippen molar-refractivity contribution in [3.05, 3.63) is 62.3 Å². The average Bonchev–Trinajstić information content (AvgIpc) is 3.23. The molecule has 0 N–H and O–H groups in total. The topological polar surface area (TPSA) is 40.6 Å². The van der Waals surface area contributed by atoms with Crippen LogP contribution in [0.1, 0.15) is 35.2 Å². The lowest BCUT2D eigenvalue weighted by Crippen LogP contribution is -2.54. The minimum Gasteiger partial charge on any atom is -0.338 e. The third kappa shape index (κ3) is 3.28. The van der Waals surface area contributed by atoms with Crippen molar-refractivity contribution in [2.45, 2.75) is 19.3 Å². The maximum atomic E-state index is 13.5. The van der Waals surface area contributed by atoms with Crippen molar-refractivity contribution in [1.29, 1.82) is 0 Å². The van der Waals surface area contributed by atoms with Crippen molar-refractivity contribution in [3.8, 4) is 0 Å². The van der Waals surface area contributed by atoms with Crippen LogP contribution in [0.4, 0.5) is 0 Å². The summed E-state index contributed by atoms with van der Waals surface area (Å²) in [5.74, 6) is 0.322. The van der Waals surface area contributed by atoms with Crippen molar-refractivity contribution in [2.75, 3.05) is 26.2 Å². The predicted octanol–water partition coefficient (Wildman–Crippen LogP) is 5.22. The smallest absolute Gasteiger partial charge is 0.256 e. The zero-order chi connectivity index (χ0) is 20.9. The van der Waals surface area contributed by atoms with Crippen molar-refractivity contribution in [1.82, 2.24) is 9.80 Å². The van der Waals surface area contributed by atoms with Gasteiger partial charge >= 0.3 is 0 Å². The number of benzene rings is 1. The Morgan fingerprint density at radius 2 is 1.93 bits per heavy atom. The number of hydrogen-bond donors (Lipinski definition) is 0. The zero-order valence-corrected chi connectivity index (χ0v) is 18.8. The molecule has 0 spiro atoms. The van der Waals surface area contributed by atoms with E-state index in [-0.39, 0.29) is 17.7 Å². The molecule has 0 unspecified atom stereocenters. The Kier molecular flexibility index (Phi) is 5.16. The first kappa shape index (κ1) is 20.1. The van der Waals surface area contributed by atoms with Crippen LogP contribution in [0, 0.1) is 11.3 Å². The van der Waals surface area contributed by atoms with Gasteiger partial charge in [0.2, 0.25) is 5.91 Å². The second-order valence-corrected chi connectivity index (χ2v) is 10.7. The fourth-order valence-electron chi connectivity index (χ4n) is 5.09. The summed E-state index contributed by atoms with van der Waals surface area (Å²) < 4.78 is 0.921. The maximum Gasteiger partial charge on any atom is 0.256 e. The predicted molar refractivity (Wildman–Crippen MR) is 121 cm³/mol. The molecule has 2 aromatic rings. The summed E-state index contributed by atoms with van der Waals surface area (Å²) >= 11 is 13.4. The molecule has 2 amide bonds. The lowest BCUT2D eigenvalue weighted by Gasteiger charge is -2.45. The standard InChI is InChI=1S/C23H22Cl2N2O2S/c24-19-12-18(20(25)30-19)21(28)27-13-17-6-9-23(17,14-27)22(29)26-10-7-16(8-11-26)15-4-2-1-3-5-15/h1-5,7,12,17H,6,8-11,13-14H2/t17-,23-/m0/s1. The lowest BCUT2D eigenvalue weighted by atomic mass is 9.61. The Balaban J connectivity index is 1.30. The van der Waals surface area contributed by atoms with E-state index in [4.69, 9.17) is 23.2 Å². The van der Waals surface area contributed by atoms with Crippen molar-refractivity contribution in [2.24, 2.45) is 11.3 Å². The van der Waals surface area contributed by atoms with E-state index in [1.165, 1.54) is 22.5 Å². The van der Waals surface area contributed by atoms with Crippen LogP contribution < -0.4 is 0 Å². The quantitative estimate of drug-likeness (QED) is 0.629. The fraction of sp³-hybridized carbons (Fsp3) is 0.391. The highest BCUT2D eigenvalue weighted by Crippen LogP contribution is 2.53. The van der Waals surface area contributed by atoms with Gasteiger partial charge in [0.1, 0.15) is 4.34 Å². The molecule has 1 saturated heterocycles. The molecular formula is C23H22Cl2N2O2S. The van der Waals surface area contributed by atoms with Crippen LogP contribution in [0.25, 0.3) is 5.57 Å². The van der Waals surface area contributed by atoms with E-state index in [1.54, 1.807) is 11.0 Å². The molecule has 30 heavy (non-hydrogen) atoms. The Labute approximate surface area is 190 Å². The Morgan fingerprint density at radius 3 is 2.53 bits per heavy atom. The van der Waals surface area contributed by atoms with Crippen LogP contribution >= 0.6 is 34.5 Å². The highest BCUT2D eigenvalue weighted by molar-refractivity contribution is 7.20. The van der Waals surface area contributed by atoms with Gasteiger partial charge in [0, 0.05) is 26.2 Å². The molecule has 2 atom stereocenters. The summed E-state index contributed by atoms with van der Waals surface area (Å²) in [7, 11) is 0. The van der Waals surface area contributed by atoms with Crippen LogP contribution in [0.3, 0.4) is 0 Å². The molecule has 0 bridgehead atoms. The normalized spacial score (nSPS) is 25.5. The molecule has 156 valence electrons. The minimum absolute atomic E-state index is 0.116. The van der Waals surface area contributed by atoms with E-state index in [2.05, 4.69) is 18.2 Å². The van der Waals surface area contributed by atoms with Crippen molar-refractivity contribution in [3.63, 3.8) is 0 Å². The Bertz CT molecular complexity index is 1040. The molecule has 1 aromatic carbocycles. The molecule has 7 heteroatoms. The first-order chi connectivity index (χ1) is 14.5. The van der Waals surface area contributed by atoms with Gasteiger partial charge in [-0.15, -0.1) is 11.3 Å². The van der Waals surface area contributed by atoms with Gasteiger partial charge in [0.05, 0.1) is 15.3 Å². The molecular weight excluding hydrogens is 439 g/mol. The SMILES string of the molecule is O=C(c1cc(Cl)sc1Cl)N1C[C@@H]2CC[C@]2(C(=O)N2CC=C(c3ccccc3)CC2)C1. The van der Waals surface area contributed by atoms with Gasteiger partial charge in [-0.3, -0.25) is 9.59 Å². The minimum atomic E-state index is -0.431. The van der Waals surface area contributed by atoms with Gasteiger partial charge < -0.3 is 9.80 Å². The number of rotatable bonds is 3. The summed E-state index contributed by atoms with van der Waals surface area (Å²) in [6, 6.07) is 12.0. The van der Waals surface area contributed by atoms with E-state index in [1.807, 2.05) is 23.1 Å². The van der Waals surface area contributed by atoms with Gasteiger partial charge in [-0.25, -0.2) is 0 Å². The van der Waals surface area contributed by atoms with Gasteiger partial charge in [0.15, 0.2) is 0 Å². The Hall–Kier alpha value is -1.82. The van der Waals surface area contributed by atoms with Crippen LogP contribution in [-0.2, 0) is 4.79 Å². The molecule has 1 aromatic heterocycles. The highest BCUT2D eigenvalue weighted by atomic mass is 35.5. The van der Waals surface area contributed by atoms with Gasteiger partial charge in [-0.1, -0.05) is 59.6 Å². The van der Waals surface area contributed by atoms with Gasteiger partial charge in [-0.2, -0.15) is 0 Å². The maximum absolute atomic E-state index is 13.5. The number of thiophene rings is 1. The zero-order valence-electron chi connectivity index (χ0n) is 16.4. The first-order valence-electron chi connectivity index (χ1n) is 10.3. The summed E-state index contributed by atoms with van der Waals surface area (Å²) in [4.78, 5) is 30.3. The van der Waals surface area contributed by atoms with E-state index in [0.717, 1.165) is 25.8 Å². The van der Waals surface area contributed by atoms with Crippen LogP contribution in [0.15, 0.2) is 42.5 Å². The molecule has 4 nitrogen and oxygen atoms in total. The largest absolute Gasteiger partial charge is 0.338 e. The number of nitrogens with zero attached hydrogens (tertiary/aromatic N) is 2. The summed E-state index contributed by atoms with van der Waals surface area (Å²) in [5, 5.41) is 0. The third-order valence-electron chi connectivity index (χ3n) is 6.88. The number of hydrogen-bond acceptors (Lipinski definition) is 3. The van der Waals surface area contributed by atoms with Crippen molar-refractivity contribution >= 4 is 51.9 Å². The number of amides is 2. The molecule has 2 aliphatic heterocycles. The summed E-state index contributed by atoms with van der Waals surface area (Å²) in [6.45, 7) is 2.46. The van der Waals surface area contributed by atoms with E-state index >= 15 is 0 Å². The molecule has 1 aliphatic carbocycles. The van der Waals surface area contributed by atoms with Gasteiger partial charge in [0.25, 0.3) is 5.91 Å². The lowest BCUT2D eigenvalue weighted by molar-refractivity contribution is -0.149. The number of likely N-dealkylation sites (tertiary alicyclic amines) is 1. The number of fused-ring (bicyclic) bond motifs is 1. The molecule has 3 heterocycles.